The number of hydrogen-bond donors (Lipinski definition) is 1. The molecule has 5 rings (SSSR count). The van der Waals surface area contributed by atoms with Crippen molar-refractivity contribution in [3.63, 3.8) is 0 Å². The average molecular weight is 538 g/mol. The normalized spacial score (nSPS) is 18.6. The number of rotatable bonds is 8. The van der Waals surface area contributed by atoms with Gasteiger partial charge in [0.05, 0.1) is 26.4 Å². The molecule has 1 aliphatic heterocycles. The Kier molecular flexibility index (Phi) is 8.06. The standard InChI is InChI=1S/C34H35NO5/c1-21-9-8-12-25(17-21)32-31(34(37)40-16-15-23-10-6-5-7-11-23)22(2)35-27-18-26(19-28(36)33(27)32)24-13-14-29(38-3)30(20-24)39-4/h5-14,17,20,26,32,35H,15-16,18-19H2,1-4H3. The molecule has 3 aromatic rings. The maximum Gasteiger partial charge on any atom is 0.336 e. The summed E-state index contributed by atoms with van der Waals surface area (Å²) in [6, 6.07) is 23.8. The van der Waals surface area contributed by atoms with E-state index in [0.29, 0.717) is 41.9 Å². The van der Waals surface area contributed by atoms with E-state index in [1.807, 2.05) is 80.6 Å². The molecule has 1 N–H and O–H groups in total. The first kappa shape index (κ1) is 27.3. The molecule has 0 fully saturated rings. The van der Waals surface area contributed by atoms with E-state index < -0.39 is 11.9 Å². The number of allylic oxidation sites excluding steroid dienone is 3. The zero-order valence-electron chi connectivity index (χ0n) is 23.5. The van der Waals surface area contributed by atoms with Gasteiger partial charge in [0.15, 0.2) is 17.3 Å². The van der Waals surface area contributed by atoms with Crippen LogP contribution in [-0.2, 0) is 20.7 Å². The maximum atomic E-state index is 13.9. The number of ether oxygens (including phenoxy) is 3. The van der Waals surface area contributed by atoms with Crippen molar-refractivity contribution in [2.75, 3.05) is 20.8 Å². The van der Waals surface area contributed by atoms with Gasteiger partial charge in [-0.1, -0.05) is 66.2 Å². The minimum atomic E-state index is -0.487. The number of dihydropyridines is 1. The van der Waals surface area contributed by atoms with Crippen LogP contribution in [0.25, 0.3) is 0 Å². The summed E-state index contributed by atoms with van der Waals surface area (Å²) in [6.45, 7) is 4.18. The minimum absolute atomic E-state index is 0.0242. The summed E-state index contributed by atoms with van der Waals surface area (Å²) in [5, 5.41) is 3.43. The molecule has 0 saturated carbocycles. The Hall–Kier alpha value is -4.32. The van der Waals surface area contributed by atoms with E-state index in [2.05, 4.69) is 11.4 Å². The van der Waals surface area contributed by atoms with E-state index in [4.69, 9.17) is 14.2 Å². The van der Waals surface area contributed by atoms with E-state index in [1.54, 1.807) is 14.2 Å². The van der Waals surface area contributed by atoms with Crippen molar-refractivity contribution in [2.24, 2.45) is 0 Å². The summed E-state index contributed by atoms with van der Waals surface area (Å²) in [4.78, 5) is 27.5. The van der Waals surface area contributed by atoms with E-state index in [-0.39, 0.29) is 18.3 Å². The monoisotopic (exact) mass is 537 g/mol. The van der Waals surface area contributed by atoms with Crippen LogP contribution in [0.5, 0.6) is 11.5 Å². The van der Waals surface area contributed by atoms with Gasteiger partial charge < -0.3 is 19.5 Å². The van der Waals surface area contributed by atoms with Crippen molar-refractivity contribution < 1.29 is 23.8 Å². The Morgan fingerprint density at radius 3 is 2.38 bits per heavy atom. The van der Waals surface area contributed by atoms with Crippen LogP contribution in [0.3, 0.4) is 0 Å². The first-order valence-corrected chi connectivity index (χ1v) is 13.6. The van der Waals surface area contributed by atoms with Crippen LogP contribution < -0.4 is 14.8 Å². The second kappa shape index (κ2) is 11.8. The number of Topliss-reactive ketones (excluding diaryl/α,β-unsaturated/α-hetero) is 1. The topological polar surface area (TPSA) is 73.9 Å². The Bertz CT molecular complexity index is 1490. The molecule has 3 aromatic carbocycles. The number of benzene rings is 3. The van der Waals surface area contributed by atoms with Gasteiger partial charge in [0.1, 0.15) is 0 Å². The lowest BCUT2D eigenvalue weighted by Crippen LogP contribution is -2.36. The molecule has 6 heteroatoms. The average Bonchev–Trinajstić information content (AvgIpc) is 2.96. The van der Waals surface area contributed by atoms with Crippen LogP contribution in [0.1, 0.15) is 53.9 Å². The van der Waals surface area contributed by atoms with Crippen LogP contribution in [0.4, 0.5) is 0 Å². The summed E-state index contributed by atoms with van der Waals surface area (Å²) in [6.07, 6.45) is 1.61. The smallest absolute Gasteiger partial charge is 0.336 e. The van der Waals surface area contributed by atoms with Crippen LogP contribution in [-0.4, -0.2) is 32.6 Å². The maximum absolute atomic E-state index is 13.9. The third-order valence-electron chi connectivity index (χ3n) is 7.77. The SMILES string of the molecule is COc1ccc(C2CC(=O)C3=C(C2)NC(C)=C(C(=O)OCCc2ccccc2)C3c2cccc(C)c2)cc1OC. The molecule has 0 radical (unpaired) electrons. The highest BCUT2D eigenvalue weighted by molar-refractivity contribution is 6.04. The summed E-state index contributed by atoms with van der Waals surface area (Å²) in [7, 11) is 3.22. The van der Waals surface area contributed by atoms with Gasteiger partial charge in [-0.05, 0) is 55.0 Å². The number of esters is 1. The van der Waals surface area contributed by atoms with Gasteiger partial charge in [-0.3, -0.25) is 4.79 Å². The summed E-state index contributed by atoms with van der Waals surface area (Å²) >= 11 is 0. The van der Waals surface area contributed by atoms with Crippen molar-refractivity contribution >= 4 is 11.8 Å². The number of nitrogens with one attached hydrogen (secondary N) is 1. The predicted molar refractivity (Wildman–Crippen MR) is 154 cm³/mol. The fraction of sp³-hybridized carbons (Fsp3) is 0.294. The van der Waals surface area contributed by atoms with Gasteiger partial charge in [0.2, 0.25) is 0 Å². The third-order valence-corrected chi connectivity index (χ3v) is 7.77. The van der Waals surface area contributed by atoms with Gasteiger partial charge in [0.25, 0.3) is 0 Å². The van der Waals surface area contributed by atoms with Gasteiger partial charge in [0, 0.05) is 35.7 Å². The number of ketones is 1. The highest BCUT2D eigenvalue weighted by atomic mass is 16.5. The van der Waals surface area contributed by atoms with E-state index >= 15 is 0 Å². The highest BCUT2D eigenvalue weighted by Gasteiger charge is 2.41. The number of methoxy groups -OCH3 is 2. The molecule has 6 nitrogen and oxygen atoms in total. The number of carbonyl (C=O) groups is 2. The number of aryl methyl sites for hydroxylation is 1. The Labute approximate surface area is 235 Å². The fourth-order valence-electron chi connectivity index (χ4n) is 5.82. The molecule has 2 aliphatic rings. The zero-order chi connectivity index (χ0) is 28.2. The minimum Gasteiger partial charge on any atom is -0.493 e. The van der Waals surface area contributed by atoms with Gasteiger partial charge >= 0.3 is 5.97 Å². The molecule has 0 aromatic heterocycles. The molecule has 0 amide bonds. The molecule has 2 atom stereocenters. The molecule has 0 bridgehead atoms. The Morgan fingerprint density at radius 2 is 1.65 bits per heavy atom. The largest absolute Gasteiger partial charge is 0.493 e. The summed E-state index contributed by atoms with van der Waals surface area (Å²) < 4.78 is 16.7. The molecular weight excluding hydrogens is 502 g/mol. The van der Waals surface area contributed by atoms with E-state index in [1.165, 1.54) is 0 Å². The van der Waals surface area contributed by atoms with Crippen LogP contribution >= 0.6 is 0 Å². The Morgan fingerprint density at radius 1 is 0.875 bits per heavy atom. The predicted octanol–water partition coefficient (Wildman–Crippen LogP) is 6.16. The zero-order valence-corrected chi connectivity index (χ0v) is 23.5. The lowest BCUT2D eigenvalue weighted by molar-refractivity contribution is -0.139. The Balaban J connectivity index is 1.46. The first-order valence-electron chi connectivity index (χ1n) is 13.6. The van der Waals surface area contributed by atoms with Crippen molar-refractivity contribution in [3.05, 3.63) is 118 Å². The summed E-state index contributed by atoms with van der Waals surface area (Å²) in [5.41, 5.74) is 6.83. The van der Waals surface area contributed by atoms with Crippen molar-refractivity contribution in [1.82, 2.24) is 5.32 Å². The van der Waals surface area contributed by atoms with Crippen molar-refractivity contribution in [2.45, 2.75) is 44.9 Å². The molecule has 2 unspecified atom stereocenters. The van der Waals surface area contributed by atoms with Crippen LogP contribution in [0, 0.1) is 6.92 Å². The quantitative estimate of drug-likeness (QED) is 0.347. The molecule has 0 saturated heterocycles. The first-order chi connectivity index (χ1) is 19.4. The molecule has 1 aliphatic carbocycles. The lowest BCUT2D eigenvalue weighted by Gasteiger charge is -2.37. The molecule has 206 valence electrons. The molecule has 1 heterocycles. The van der Waals surface area contributed by atoms with Crippen molar-refractivity contribution in [3.8, 4) is 11.5 Å². The van der Waals surface area contributed by atoms with Gasteiger partial charge in [-0.25, -0.2) is 4.79 Å². The second-order valence-electron chi connectivity index (χ2n) is 10.4. The van der Waals surface area contributed by atoms with Gasteiger partial charge in [-0.2, -0.15) is 0 Å². The van der Waals surface area contributed by atoms with E-state index in [9.17, 15) is 9.59 Å². The molecular formula is C34H35NO5. The lowest BCUT2D eigenvalue weighted by atomic mass is 9.71. The van der Waals surface area contributed by atoms with Crippen molar-refractivity contribution in [1.29, 1.82) is 0 Å². The third kappa shape index (κ3) is 5.53. The highest BCUT2D eigenvalue weighted by Crippen LogP contribution is 2.46. The van der Waals surface area contributed by atoms with Crippen LogP contribution in [0.2, 0.25) is 0 Å². The van der Waals surface area contributed by atoms with Crippen LogP contribution in [0.15, 0.2) is 95.3 Å². The van der Waals surface area contributed by atoms with E-state index in [0.717, 1.165) is 33.6 Å². The second-order valence-corrected chi connectivity index (χ2v) is 10.4. The number of carbonyl (C=O) groups excluding carboxylic acids is 2. The molecule has 40 heavy (non-hydrogen) atoms. The fourth-order valence-corrected chi connectivity index (χ4v) is 5.82. The van der Waals surface area contributed by atoms with Gasteiger partial charge in [-0.15, -0.1) is 0 Å². The summed E-state index contributed by atoms with van der Waals surface area (Å²) in [5.74, 6) is 0.412. The molecule has 0 spiro atoms. The number of hydrogen-bond acceptors (Lipinski definition) is 6.